The zero-order chi connectivity index (χ0) is 12.3. The first-order chi connectivity index (χ1) is 8.19. The molecule has 2 heterocycles. The second kappa shape index (κ2) is 5.60. The molecular formula is C12H18N2O2S. The van der Waals surface area contributed by atoms with Gasteiger partial charge in [0.1, 0.15) is 0 Å². The highest BCUT2D eigenvalue weighted by molar-refractivity contribution is 7.09. The molecule has 94 valence electrons. The van der Waals surface area contributed by atoms with Crippen molar-refractivity contribution in [1.29, 1.82) is 0 Å². The van der Waals surface area contributed by atoms with Crippen LogP contribution in [0.15, 0.2) is 5.38 Å². The van der Waals surface area contributed by atoms with E-state index in [1.165, 1.54) is 0 Å². The minimum Gasteiger partial charge on any atom is -0.393 e. The van der Waals surface area contributed by atoms with E-state index in [-0.39, 0.29) is 12.0 Å². The normalized spacial score (nSPS) is 17.4. The number of amides is 1. The van der Waals surface area contributed by atoms with Gasteiger partial charge in [-0.15, -0.1) is 11.3 Å². The number of piperidine rings is 1. The van der Waals surface area contributed by atoms with Gasteiger partial charge in [0.2, 0.25) is 5.91 Å². The number of aliphatic hydroxyl groups excluding tert-OH is 1. The van der Waals surface area contributed by atoms with E-state index in [1.807, 2.05) is 10.3 Å². The molecule has 1 saturated heterocycles. The van der Waals surface area contributed by atoms with Crippen LogP contribution in [0.3, 0.4) is 0 Å². The Morgan fingerprint density at radius 3 is 2.88 bits per heavy atom. The summed E-state index contributed by atoms with van der Waals surface area (Å²) in [7, 11) is 0. The second-order valence-corrected chi connectivity index (χ2v) is 5.32. The van der Waals surface area contributed by atoms with Gasteiger partial charge in [0, 0.05) is 18.5 Å². The molecule has 2 rings (SSSR count). The number of carbonyl (C=O) groups is 1. The molecule has 1 aromatic heterocycles. The third-order valence-electron chi connectivity index (χ3n) is 3.05. The van der Waals surface area contributed by atoms with Crippen molar-refractivity contribution in [2.75, 3.05) is 13.1 Å². The summed E-state index contributed by atoms with van der Waals surface area (Å²) < 4.78 is 0. The maximum absolute atomic E-state index is 12.0. The zero-order valence-corrected chi connectivity index (χ0v) is 10.9. The Labute approximate surface area is 105 Å². The van der Waals surface area contributed by atoms with E-state index in [2.05, 4.69) is 11.9 Å². The van der Waals surface area contributed by atoms with Gasteiger partial charge in [-0.25, -0.2) is 4.98 Å². The molecular weight excluding hydrogens is 236 g/mol. The number of hydrogen-bond acceptors (Lipinski definition) is 4. The van der Waals surface area contributed by atoms with Crippen molar-refractivity contribution in [3.63, 3.8) is 0 Å². The molecule has 0 unspecified atom stereocenters. The molecule has 0 aliphatic carbocycles. The van der Waals surface area contributed by atoms with E-state index < -0.39 is 0 Å². The van der Waals surface area contributed by atoms with Crippen molar-refractivity contribution >= 4 is 17.2 Å². The number of aliphatic hydroxyl groups is 1. The quantitative estimate of drug-likeness (QED) is 0.882. The molecule has 1 aliphatic rings. The maximum atomic E-state index is 12.0. The molecule has 1 amide bonds. The fourth-order valence-corrected chi connectivity index (χ4v) is 2.72. The maximum Gasteiger partial charge on any atom is 0.228 e. The largest absolute Gasteiger partial charge is 0.393 e. The number of thiazole rings is 1. The predicted molar refractivity (Wildman–Crippen MR) is 67.0 cm³/mol. The minimum absolute atomic E-state index is 0.129. The van der Waals surface area contributed by atoms with Crippen LogP contribution in [0.25, 0.3) is 0 Å². The lowest BCUT2D eigenvalue weighted by Crippen LogP contribution is -2.40. The summed E-state index contributed by atoms with van der Waals surface area (Å²) in [6.45, 7) is 3.41. The van der Waals surface area contributed by atoms with Gasteiger partial charge in [-0.2, -0.15) is 0 Å². The highest BCUT2D eigenvalue weighted by Crippen LogP contribution is 2.14. The third-order valence-corrected chi connectivity index (χ3v) is 4.09. The van der Waals surface area contributed by atoms with Crippen molar-refractivity contribution < 1.29 is 9.90 Å². The van der Waals surface area contributed by atoms with Crippen LogP contribution in [0.2, 0.25) is 0 Å². The lowest BCUT2D eigenvalue weighted by molar-refractivity contribution is -0.132. The summed E-state index contributed by atoms with van der Waals surface area (Å²) >= 11 is 1.62. The zero-order valence-electron chi connectivity index (χ0n) is 10.1. The summed E-state index contributed by atoms with van der Waals surface area (Å²) in [6, 6.07) is 0. The molecule has 5 heteroatoms. The second-order valence-electron chi connectivity index (χ2n) is 4.37. The van der Waals surface area contributed by atoms with Crippen LogP contribution in [-0.2, 0) is 17.6 Å². The van der Waals surface area contributed by atoms with Crippen molar-refractivity contribution in [3.8, 4) is 0 Å². The van der Waals surface area contributed by atoms with Gasteiger partial charge in [-0.1, -0.05) is 6.92 Å². The number of nitrogens with zero attached hydrogens (tertiary/aromatic N) is 2. The number of aromatic nitrogens is 1. The first kappa shape index (κ1) is 12.5. The number of likely N-dealkylation sites (tertiary alicyclic amines) is 1. The van der Waals surface area contributed by atoms with Crippen LogP contribution < -0.4 is 0 Å². The van der Waals surface area contributed by atoms with Crippen molar-refractivity contribution in [2.45, 2.75) is 38.7 Å². The molecule has 1 N–H and O–H groups in total. The summed E-state index contributed by atoms with van der Waals surface area (Å²) in [6.07, 6.45) is 2.48. The van der Waals surface area contributed by atoms with Crippen LogP contribution in [0, 0.1) is 0 Å². The van der Waals surface area contributed by atoms with Crippen LogP contribution in [-0.4, -0.2) is 40.1 Å². The Morgan fingerprint density at radius 2 is 2.29 bits per heavy atom. The van der Waals surface area contributed by atoms with E-state index in [4.69, 9.17) is 0 Å². The Kier molecular flexibility index (Phi) is 4.12. The molecule has 0 radical (unpaired) electrons. The number of carbonyl (C=O) groups excluding carboxylic acids is 1. The van der Waals surface area contributed by atoms with Crippen molar-refractivity contribution in [1.82, 2.24) is 9.88 Å². The molecule has 4 nitrogen and oxygen atoms in total. The Balaban J connectivity index is 1.88. The lowest BCUT2D eigenvalue weighted by atomic mass is 10.1. The smallest absolute Gasteiger partial charge is 0.228 e. The van der Waals surface area contributed by atoms with E-state index in [9.17, 15) is 9.90 Å². The molecule has 0 bridgehead atoms. The predicted octanol–water partition coefficient (Wildman–Crippen LogP) is 1.23. The first-order valence-corrected chi connectivity index (χ1v) is 6.96. The summed E-state index contributed by atoms with van der Waals surface area (Å²) in [5.41, 5.74) is 0.878. The molecule has 1 fully saturated rings. The van der Waals surface area contributed by atoms with Gasteiger partial charge in [-0.3, -0.25) is 4.79 Å². The summed E-state index contributed by atoms with van der Waals surface area (Å²) in [5, 5.41) is 12.4. The van der Waals surface area contributed by atoms with Crippen LogP contribution in [0.1, 0.15) is 30.5 Å². The van der Waals surface area contributed by atoms with Gasteiger partial charge in [0.25, 0.3) is 0 Å². The van der Waals surface area contributed by atoms with E-state index in [0.29, 0.717) is 32.4 Å². The first-order valence-electron chi connectivity index (χ1n) is 6.08. The highest BCUT2D eigenvalue weighted by atomic mass is 32.1. The Bertz CT molecular complexity index is 384. The Hall–Kier alpha value is -0.940. The SMILES string of the molecule is CCc1nc(CC(=O)N2CCC(O)CC2)cs1. The van der Waals surface area contributed by atoms with E-state index in [0.717, 1.165) is 17.1 Å². The third kappa shape index (κ3) is 3.26. The topological polar surface area (TPSA) is 53.4 Å². The molecule has 0 atom stereocenters. The number of aryl methyl sites for hydroxylation is 1. The molecule has 0 aromatic carbocycles. The molecule has 1 aromatic rings. The van der Waals surface area contributed by atoms with E-state index in [1.54, 1.807) is 11.3 Å². The van der Waals surface area contributed by atoms with Gasteiger partial charge in [0.15, 0.2) is 0 Å². The Morgan fingerprint density at radius 1 is 1.59 bits per heavy atom. The fourth-order valence-electron chi connectivity index (χ4n) is 1.97. The summed E-state index contributed by atoms with van der Waals surface area (Å²) in [5.74, 6) is 0.129. The van der Waals surface area contributed by atoms with Crippen molar-refractivity contribution in [3.05, 3.63) is 16.1 Å². The van der Waals surface area contributed by atoms with Crippen LogP contribution in [0.4, 0.5) is 0 Å². The van der Waals surface area contributed by atoms with Gasteiger partial charge >= 0.3 is 0 Å². The minimum atomic E-state index is -0.231. The highest BCUT2D eigenvalue weighted by Gasteiger charge is 2.21. The molecule has 17 heavy (non-hydrogen) atoms. The van der Waals surface area contributed by atoms with Gasteiger partial charge in [0.05, 0.1) is 23.2 Å². The van der Waals surface area contributed by atoms with Gasteiger partial charge < -0.3 is 10.0 Å². The lowest BCUT2D eigenvalue weighted by Gasteiger charge is -2.29. The number of hydrogen-bond donors (Lipinski definition) is 1. The molecule has 0 saturated carbocycles. The molecule has 1 aliphatic heterocycles. The summed E-state index contributed by atoms with van der Waals surface area (Å²) in [4.78, 5) is 18.2. The van der Waals surface area contributed by atoms with E-state index >= 15 is 0 Å². The average Bonchev–Trinajstić information content (AvgIpc) is 2.77. The molecule has 0 spiro atoms. The fraction of sp³-hybridized carbons (Fsp3) is 0.667. The van der Waals surface area contributed by atoms with Crippen LogP contribution in [0.5, 0.6) is 0 Å². The standard InChI is InChI=1S/C12H18N2O2S/c1-2-11-13-9(8-17-11)7-12(16)14-5-3-10(15)4-6-14/h8,10,15H,2-7H2,1H3. The van der Waals surface area contributed by atoms with Crippen LogP contribution >= 0.6 is 11.3 Å². The number of rotatable bonds is 3. The van der Waals surface area contributed by atoms with Gasteiger partial charge in [-0.05, 0) is 19.3 Å². The monoisotopic (exact) mass is 254 g/mol. The van der Waals surface area contributed by atoms with Crippen molar-refractivity contribution in [2.24, 2.45) is 0 Å². The average molecular weight is 254 g/mol.